The van der Waals surface area contributed by atoms with E-state index in [2.05, 4.69) is 10.0 Å². The van der Waals surface area contributed by atoms with Crippen molar-refractivity contribution < 1.29 is 27.5 Å². The van der Waals surface area contributed by atoms with Gasteiger partial charge in [-0.1, -0.05) is 11.6 Å². The summed E-state index contributed by atoms with van der Waals surface area (Å²) in [6.07, 6.45) is 1.87. The second-order valence-electron chi connectivity index (χ2n) is 6.02. The van der Waals surface area contributed by atoms with Gasteiger partial charge in [0.1, 0.15) is 0 Å². The molecule has 9 nitrogen and oxygen atoms in total. The molecule has 0 atom stereocenters. The third-order valence-corrected chi connectivity index (χ3v) is 5.55. The van der Waals surface area contributed by atoms with Crippen LogP contribution in [0.25, 0.3) is 0 Å². The smallest absolute Gasteiger partial charge is 0.340 e. The van der Waals surface area contributed by atoms with Gasteiger partial charge in [0.05, 0.1) is 22.0 Å². The average molecular weight is 418 g/mol. The van der Waals surface area contributed by atoms with Crippen LogP contribution in [0.5, 0.6) is 0 Å². The Bertz CT molecular complexity index is 854. The fourth-order valence-electron chi connectivity index (χ4n) is 2.07. The number of benzene rings is 1. The van der Waals surface area contributed by atoms with E-state index in [0.29, 0.717) is 0 Å². The molecule has 1 aromatic rings. The minimum Gasteiger partial charge on any atom is -0.452 e. The van der Waals surface area contributed by atoms with Crippen molar-refractivity contribution in [1.29, 1.82) is 0 Å². The number of likely N-dealkylation sites (N-methyl/N-ethyl adjacent to an activating group) is 1. The molecule has 2 N–H and O–H groups in total. The molecule has 0 heterocycles. The third kappa shape index (κ3) is 5.91. The van der Waals surface area contributed by atoms with Crippen LogP contribution in [0.2, 0.25) is 5.02 Å². The Morgan fingerprint density at radius 1 is 1.30 bits per heavy atom. The Balaban J connectivity index is 1.95. The highest BCUT2D eigenvalue weighted by atomic mass is 35.5. The lowest BCUT2D eigenvalue weighted by Crippen LogP contribution is -2.40. The van der Waals surface area contributed by atoms with Crippen molar-refractivity contribution in [1.82, 2.24) is 14.9 Å². The summed E-state index contributed by atoms with van der Waals surface area (Å²) in [5.41, 5.74) is -0.185. The molecule has 0 spiro atoms. The van der Waals surface area contributed by atoms with Crippen LogP contribution in [0.1, 0.15) is 23.2 Å². The Morgan fingerprint density at radius 2 is 1.96 bits per heavy atom. The highest BCUT2D eigenvalue weighted by molar-refractivity contribution is 7.89. The van der Waals surface area contributed by atoms with Crippen molar-refractivity contribution in [2.45, 2.75) is 23.8 Å². The lowest BCUT2D eigenvalue weighted by molar-refractivity contribution is -0.137. The number of nitrogens with zero attached hydrogens (tertiary/aromatic N) is 1. The monoisotopic (exact) mass is 417 g/mol. The molecule has 11 heteroatoms. The van der Waals surface area contributed by atoms with Crippen molar-refractivity contribution >= 4 is 39.4 Å². The molecule has 0 unspecified atom stereocenters. The van der Waals surface area contributed by atoms with Gasteiger partial charge in [0.2, 0.25) is 15.9 Å². The van der Waals surface area contributed by atoms with E-state index in [0.717, 1.165) is 23.8 Å². The van der Waals surface area contributed by atoms with Crippen molar-refractivity contribution in [2.24, 2.45) is 0 Å². The molecule has 1 aromatic carbocycles. The summed E-state index contributed by atoms with van der Waals surface area (Å²) in [5, 5.41) is 2.73. The quantitative estimate of drug-likeness (QED) is 0.580. The molecule has 0 aromatic heterocycles. The summed E-state index contributed by atoms with van der Waals surface area (Å²) in [5.74, 6) is -1.81. The first kappa shape index (κ1) is 21.1. The Morgan fingerprint density at radius 3 is 2.56 bits per heavy atom. The number of amides is 2. The Hall–Kier alpha value is -2.17. The number of rotatable bonds is 8. The average Bonchev–Trinajstić information content (AvgIpc) is 3.43. The van der Waals surface area contributed by atoms with Crippen LogP contribution in [0.3, 0.4) is 0 Å². The van der Waals surface area contributed by atoms with Gasteiger partial charge in [0.25, 0.3) is 5.91 Å². The standard InChI is InChI=1S/C16H20ClN3O6S/c1-18-27(24,25)11-5-6-13(17)12(7-11)16(23)26-9-15(22)20(2)8-14(21)19-10-3-4-10/h5-7,10,18H,3-4,8-9H2,1-2H3,(H,19,21). The van der Waals surface area contributed by atoms with Crippen molar-refractivity contribution in [2.75, 3.05) is 27.2 Å². The molecule has 0 bridgehead atoms. The van der Waals surface area contributed by atoms with Crippen molar-refractivity contribution in [3.05, 3.63) is 28.8 Å². The first-order chi connectivity index (χ1) is 12.6. The summed E-state index contributed by atoms with van der Waals surface area (Å²) < 4.78 is 30.7. The number of esters is 1. The van der Waals surface area contributed by atoms with Gasteiger partial charge in [-0.05, 0) is 38.1 Å². The first-order valence-corrected chi connectivity index (χ1v) is 9.93. The topological polar surface area (TPSA) is 122 Å². The van der Waals surface area contributed by atoms with Gasteiger partial charge in [-0.15, -0.1) is 0 Å². The van der Waals surface area contributed by atoms with Gasteiger partial charge in [-0.2, -0.15) is 0 Å². The maximum atomic E-state index is 12.2. The van der Waals surface area contributed by atoms with Gasteiger partial charge in [0, 0.05) is 13.1 Å². The van der Waals surface area contributed by atoms with E-state index in [-0.39, 0.29) is 34.0 Å². The summed E-state index contributed by atoms with van der Waals surface area (Å²) in [4.78, 5) is 36.8. The number of carbonyl (C=O) groups is 3. The van der Waals surface area contributed by atoms with Gasteiger partial charge in [0.15, 0.2) is 6.61 Å². The maximum Gasteiger partial charge on any atom is 0.340 e. The Kier molecular flexibility index (Phi) is 6.79. The van der Waals surface area contributed by atoms with E-state index >= 15 is 0 Å². The summed E-state index contributed by atoms with van der Waals surface area (Å²) in [7, 11) is -1.13. The third-order valence-electron chi connectivity index (χ3n) is 3.81. The van der Waals surface area contributed by atoms with Crippen LogP contribution >= 0.6 is 11.6 Å². The molecule has 1 saturated carbocycles. The second-order valence-corrected chi connectivity index (χ2v) is 8.31. The molecule has 1 fully saturated rings. The van der Waals surface area contributed by atoms with Crippen LogP contribution in [0.15, 0.2) is 23.1 Å². The van der Waals surface area contributed by atoms with E-state index < -0.39 is 28.5 Å². The fraction of sp³-hybridized carbons (Fsp3) is 0.438. The van der Waals surface area contributed by atoms with Crippen LogP contribution < -0.4 is 10.0 Å². The van der Waals surface area contributed by atoms with Crippen molar-refractivity contribution in [3.8, 4) is 0 Å². The molecular formula is C16H20ClN3O6S. The molecule has 1 aliphatic rings. The number of carbonyl (C=O) groups excluding carboxylic acids is 3. The molecule has 2 amide bonds. The van der Waals surface area contributed by atoms with Gasteiger partial charge in [-0.3, -0.25) is 9.59 Å². The van der Waals surface area contributed by atoms with E-state index in [1.165, 1.54) is 26.2 Å². The predicted octanol–water partition coefficient (Wildman–Crippen LogP) is 0.142. The fourth-order valence-corrected chi connectivity index (χ4v) is 3.02. The number of hydrogen-bond donors (Lipinski definition) is 2. The Labute approximate surface area is 162 Å². The second kappa shape index (κ2) is 8.68. The van der Waals surface area contributed by atoms with Crippen LogP contribution in [0.4, 0.5) is 0 Å². The molecule has 0 saturated heterocycles. The minimum absolute atomic E-state index is 0.0142. The number of ether oxygens (including phenoxy) is 1. The first-order valence-electron chi connectivity index (χ1n) is 8.07. The molecule has 1 aliphatic carbocycles. The van der Waals surface area contributed by atoms with E-state index in [1.54, 1.807) is 0 Å². The van der Waals surface area contributed by atoms with E-state index in [4.69, 9.17) is 16.3 Å². The summed E-state index contributed by atoms with van der Waals surface area (Å²) in [6.45, 7) is -0.755. The van der Waals surface area contributed by atoms with Crippen molar-refractivity contribution in [3.63, 3.8) is 0 Å². The van der Waals surface area contributed by atoms with E-state index in [1.807, 2.05) is 0 Å². The predicted molar refractivity (Wildman–Crippen MR) is 96.8 cm³/mol. The molecule has 27 heavy (non-hydrogen) atoms. The number of halogens is 1. The number of hydrogen-bond acceptors (Lipinski definition) is 6. The minimum atomic E-state index is -3.77. The van der Waals surface area contributed by atoms with Gasteiger partial charge in [-0.25, -0.2) is 17.9 Å². The number of nitrogens with one attached hydrogen (secondary N) is 2. The van der Waals surface area contributed by atoms with Crippen LogP contribution in [-0.4, -0.2) is 64.4 Å². The molecular weight excluding hydrogens is 398 g/mol. The van der Waals surface area contributed by atoms with Gasteiger partial charge >= 0.3 is 5.97 Å². The van der Waals surface area contributed by atoms with Crippen LogP contribution in [0, 0.1) is 0 Å². The summed E-state index contributed by atoms with van der Waals surface area (Å²) in [6, 6.07) is 3.73. The molecule has 0 aliphatic heterocycles. The number of sulfonamides is 1. The van der Waals surface area contributed by atoms with E-state index in [9.17, 15) is 22.8 Å². The molecule has 0 radical (unpaired) electrons. The maximum absolute atomic E-state index is 12.2. The zero-order valence-corrected chi connectivity index (χ0v) is 16.4. The molecule has 148 valence electrons. The van der Waals surface area contributed by atoms with Gasteiger partial charge < -0.3 is 15.0 Å². The highest BCUT2D eigenvalue weighted by Crippen LogP contribution is 2.21. The largest absolute Gasteiger partial charge is 0.452 e. The molecule has 2 rings (SSSR count). The zero-order chi connectivity index (χ0) is 20.2. The lowest BCUT2D eigenvalue weighted by Gasteiger charge is -2.17. The van der Waals surface area contributed by atoms with Crippen LogP contribution in [-0.2, 0) is 24.3 Å². The summed E-state index contributed by atoms with van der Waals surface area (Å²) >= 11 is 5.92. The highest BCUT2D eigenvalue weighted by Gasteiger charge is 2.25. The lowest BCUT2D eigenvalue weighted by atomic mass is 10.2. The normalized spacial score (nSPS) is 13.7. The zero-order valence-electron chi connectivity index (χ0n) is 14.8. The SMILES string of the molecule is CNS(=O)(=O)c1ccc(Cl)c(C(=O)OCC(=O)N(C)CC(=O)NC2CC2)c1.